The van der Waals surface area contributed by atoms with Crippen molar-refractivity contribution in [1.82, 2.24) is 15.5 Å². The molecule has 1 aliphatic heterocycles. The minimum Gasteiger partial charge on any atom is -0.493 e. The molecule has 0 saturated carbocycles. The summed E-state index contributed by atoms with van der Waals surface area (Å²) in [5, 5.41) is 11.4. The van der Waals surface area contributed by atoms with E-state index in [2.05, 4.69) is 20.4 Å². The number of amides is 1. The molecule has 2 aromatic rings. The first-order valence-corrected chi connectivity index (χ1v) is 9.71. The van der Waals surface area contributed by atoms with Crippen LogP contribution in [0.4, 0.5) is 5.82 Å². The van der Waals surface area contributed by atoms with Crippen molar-refractivity contribution in [1.29, 1.82) is 0 Å². The van der Waals surface area contributed by atoms with Crippen LogP contribution in [0.1, 0.15) is 18.4 Å². The van der Waals surface area contributed by atoms with Gasteiger partial charge in [0.2, 0.25) is 5.91 Å². The van der Waals surface area contributed by atoms with Crippen LogP contribution in [0, 0.1) is 5.92 Å². The van der Waals surface area contributed by atoms with E-state index in [9.17, 15) is 4.79 Å². The summed E-state index contributed by atoms with van der Waals surface area (Å²) in [6, 6.07) is 9.35. The Kier molecular flexibility index (Phi) is 6.92. The molecule has 0 radical (unpaired) electrons. The van der Waals surface area contributed by atoms with Gasteiger partial charge in [0, 0.05) is 19.6 Å². The zero-order valence-corrected chi connectivity index (χ0v) is 16.9. The fraction of sp³-hybridized carbons (Fsp3) is 0.450. The lowest BCUT2D eigenvalue weighted by atomic mass is 9.97. The van der Waals surface area contributed by atoms with E-state index in [-0.39, 0.29) is 11.8 Å². The van der Waals surface area contributed by atoms with Crippen LogP contribution in [0.5, 0.6) is 11.5 Å². The summed E-state index contributed by atoms with van der Waals surface area (Å²) in [6.45, 7) is 2.08. The molecule has 1 fully saturated rings. The van der Waals surface area contributed by atoms with Crippen LogP contribution in [-0.4, -0.2) is 50.0 Å². The molecule has 1 aliphatic rings. The van der Waals surface area contributed by atoms with Gasteiger partial charge in [-0.2, -0.15) is 0 Å². The van der Waals surface area contributed by atoms with E-state index in [1.54, 1.807) is 20.3 Å². The lowest BCUT2D eigenvalue weighted by Crippen LogP contribution is -2.43. The molecular formula is C20H25ClN4O3. The Morgan fingerprint density at radius 3 is 2.75 bits per heavy atom. The molecule has 0 aliphatic carbocycles. The smallest absolute Gasteiger partial charge is 0.224 e. The van der Waals surface area contributed by atoms with Crippen molar-refractivity contribution < 1.29 is 14.3 Å². The SMILES string of the molecule is COc1ccc(CCNC(=O)[C@@H]2CCCN(c3ccc(Cl)nn3)C2)cc1OC. The van der Waals surface area contributed by atoms with Crippen molar-refractivity contribution in [3.05, 3.63) is 41.0 Å². The van der Waals surface area contributed by atoms with Gasteiger partial charge in [-0.25, -0.2) is 0 Å². The molecule has 1 aromatic carbocycles. The molecule has 7 nitrogen and oxygen atoms in total. The Morgan fingerprint density at radius 1 is 1.21 bits per heavy atom. The van der Waals surface area contributed by atoms with E-state index in [1.807, 2.05) is 24.3 Å². The topological polar surface area (TPSA) is 76.6 Å². The van der Waals surface area contributed by atoms with Crippen LogP contribution in [-0.2, 0) is 11.2 Å². The lowest BCUT2D eigenvalue weighted by molar-refractivity contribution is -0.125. The molecule has 1 saturated heterocycles. The van der Waals surface area contributed by atoms with E-state index in [0.717, 1.165) is 37.2 Å². The second-order valence-corrected chi connectivity index (χ2v) is 7.12. The number of carbonyl (C=O) groups is 1. The number of ether oxygens (including phenoxy) is 2. The summed E-state index contributed by atoms with van der Waals surface area (Å²) in [6.07, 6.45) is 2.54. The van der Waals surface area contributed by atoms with Crippen molar-refractivity contribution in [2.75, 3.05) is 38.8 Å². The number of piperidine rings is 1. The highest BCUT2D eigenvalue weighted by atomic mass is 35.5. The molecule has 1 atom stereocenters. The highest BCUT2D eigenvalue weighted by molar-refractivity contribution is 6.29. The van der Waals surface area contributed by atoms with Crippen LogP contribution in [0.3, 0.4) is 0 Å². The third-order valence-corrected chi connectivity index (χ3v) is 5.10. The monoisotopic (exact) mass is 404 g/mol. The molecule has 1 N–H and O–H groups in total. The molecule has 3 rings (SSSR count). The average Bonchev–Trinajstić information content (AvgIpc) is 2.74. The molecule has 28 heavy (non-hydrogen) atoms. The number of hydrogen-bond acceptors (Lipinski definition) is 6. The van der Waals surface area contributed by atoms with Gasteiger partial charge in [-0.1, -0.05) is 17.7 Å². The number of aromatic nitrogens is 2. The summed E-state index contributed by atoms with van der Waals surface area (Å²) < 4.78 is 10.6. The molecule has 8 heteroatoms. The first kappa shape index (κ1) is 20.2. The number of rotatable bonds is 7. The Bertz CT molecular complexity index is 801. The predicted octanol–water partition coefficient (Wildman–Crippen LogP) is 2.72. The molecule has 150 valence electrons. The van der Waals surface area contributed by atoms with Crippen molar-refractivity contribution in [2.45, 2.75) is 19.3 Å². The van der Waals surface area contributed by atoms with E-state index in [1.165, 1.54) is 0 Å². The van der Waals surface area contributed by atoms with Gasteiger partial charge in [0.25, 0.3) is 0 Å². The Morgan fingerprint density at radius 2 is 2.04 bits per heavy atom. The summed E-state index contributed by atoms with van der Waals surface area (Å²) in [7, 11) is 3.23. The number of nitrogens with zero attached hydrogens (tertiary/aromatic N) is 3. The normalized spacial score (nSPS) is 16.5. The van der Waals surface area contributed by atoms with Gasteiger partial charge >= 0.3 is 0 Å². The zero-order valence-electron chi connectivity index (χ0n) is 16.2. The van der Waals surface area contributed by atoms with Gasteiger partial charge in [0.1, 0.15) is 0 Å². The van der Waals surface area contributed by atoms with E-state index in [0.29, 0.717) is 29.7 Å². The first-order valence-electron chi connectivity index (χ1n) is 9.33. The Hall–Kier alpha value is -2.54. The van der Waals surface area contributed by atoms with E-state index >= 15 is 0 Å². The Balaban J connectivity index is 1.51. The van der Waals surface area contributed by atoms with Gasteiger partial charge in [-0.3, -0.25) is 4.79 Å². The number of methoxy groups -OCH3 is 2. The molecule has 1 aromatic heterocycles. The first-order chi connectivity index (χ1) is 13.6. The van der Waals surface area contributed by atoms with Crippen LogP contribution in [0.15, 0.2) is 30.3 Å². The second-order valence-electron chi connectivity index (χ2n) is 6.73. The zero-order chi connectivity index (χ0) is 19.9. The minimum absolute atomic E-state index is 0.0587. The van der Waals surface area contributed by atoms with Gasteiger partial charge < -0.3 is 19.7 Å². The van der Waals surface area contributed by atoms with Gasteiger partial charge in [-0.15, -0.1) is 10.2 Å². The quantitative estimate of drug-likeness (QED) is 0.764. The summed E-state index contributed by atoms with van der Waals surface area (Å²) >= 11 is 5.80. The van der Waals surface area contributed by atoms with Gasteiger partial charge in [0.05, 0.1) is 20.1 Å². The maximum absolute atomic E-state index is 12.6. The maximum Gasteiger partial charge on any atom is 0.224 e. The standard InChI is InChI=1S/C20H25ClN4O3/c1-27-16-6-5-14(12-17(16)28-2)9-10-22-20(26)15-4-3-11-25(13-15)19-8-7-18(21)23-24-19/h5-8,12,15H,3-4,9-11,13H2,1-2H3,(H,22,26)/t15-/m1/s1. The summed E-state index contributed by atoms with van der Waals surface area (Å²) in [4.78, 5) is 14.7. The molecule has 1 amide bonds. The molecule has 0 unspecified atom stereocenters. The molecular weight excluding hydrogens is 380 g/mol. The number of benzene rings is 1. The van der Waals surface area contributed by atoms with Gasteiger partial charge in [0.15, 0.2) is 22.5 Å². The lowest BCUT2D eigenvalue weighted by Gasteiger charge is -2.32. The average molecular weight is 405 g/mol. The number of anilines is 1. The van der Waals surface area contributed by atoms with Gasteiger partial charge in [-0.05, 0) is 49.1 Å². The molecule has 2 heterocycles. The van der Waals surface area contributed by atoms with Crippen LogP contribution in [0.2, 0.25) is 5.15 Å². The van der Waals surface area contributed by atoms with Crippen molar-refractivity contribution >= 4 is 23.3 Å². The largest absolute Gasteiger partial charge is 0.493 e. The highest BCUT2D eigenvalue weighted by Gasteiger charge is 2.26. The van der Waals surface area contributed by atoms with Crippen molar-refractivity contribution in [2.24, 2.45) is 5.92 Å². The predicted molar refractivity (Wildman–Crippen MR) is 108 cm³/mol. The van der Waals surface area contributed by atoms with E-state index < -0.39 is 0 Å². The molecule has 0 spiro atoms. The number of nitrogens with one attached hydrogen (secondary N) is 1. The fourth-order valence-corrected chi connectivity index (χ4v) is 3.49. The maximum atomic E-state index is 12.6. The Labute approximate surface area is 170 Å². The fourth-order valence-electron chi connectivity index (χ4n) is 3.39. The molecule has 0 bridgehead atoms. The number of hydrogen-bond donors (Lipinski definition) is 1. The van der Waals surface area contributed by atoms with Crippen molar-refractivity contribution in [3.8, 4) is 11.5 Å². The van der Waals surface area contributed by atoms with E-state index in [4.69, 9.17) is 21.1 Å². The minimum atomic E-state index is -0.0587. The third-order valence-electron chi connectivity index (χ3n) is 4.89. The third kappa shape index (κ3) is 5.04. The van der Waals surface area contributed by atoms with Crippen LogP contribution in [0.25, 0.3) is 0 Å². The van der Waals surface area contributed by atoms with Crippen molar-refractivity contribution in [3.63, 3.8) is 0 Å². The summed E-state index contributed by atoms with van der Waals surface area (Å²) in [5.74, 6) is 2.16. The highest BCUT2D eigenvalue weighted by Crippen LogP contribution is 2.27. The number of halogens is 1. The summed E-state index contributed by atoms with van der Waals surface area (Å²) in [5.41, 5.74) is 1.08. The van der Waals surface area contributed by atoms with Crippen LogP contribution < -0.4 is 19.7 Å². The number of carbonyl (C=O) groups excluding carboxylic acids is 1. The second kappa shape index (κ2) is 9.59. The van der Waals surface area contributed by atoms with Crippen LogP contribution >= 0.6 is 11.6 Å².